The normalized spacial score (nSPS) is 12.1. The highest BCUT2D eigenvalue weighted by atomic mass is 16.1. The Labute approximate surface area is 146 Å². The van der Waals surface area contributed by atoms with E-state index in [1.807, 2.05) is 12.1 Å². The summed E-state index contributed by atoms with van der Waals surface area (Å²) in [5.74, 6) is 0.384. The first kappa shape index (κ1) is 20.0. The molecule has 0 fully saturated rings. The molecule has 0 spiro atoms. The number of nitrogens with two attached hydrogens (primary N) is 1. The molecule has 0 aliphatic heterocycles. The fraction of sp³-hybridized carbons (Fsp3) is 0.579. The number of aliphatic imine (C=N–C) groups is 1. The summed E-state index contributed by atoms with van der Waals surface area (Å²) in [6.07, 6.45) is 5.02. The lowest BCUT2D eigenvalue weighted by Gasteiger charge is -2.26. The van der Waals surface area contributed by atoms with Crippen LogP contribution in [0.25, 0.3) is 0 Å². The van der Waals surface area contributed by atoms with Gasteiger partial charge in [-0.1, -0.05) is 52.2 Å². The third-order valence-corrected chi connectivity index (χ3v) is 4.11. The van der Waals surface area contributed by atoms with Crippen LogP contribution in [0, 0.1) is 5.41 Å². The topological polar surface area (TPSA) is 79.5 Å². The predicted molar refractivity (Wildman–Crippen MR) is 101 cm³/mol. The number of carbonyl (C=O) groups is 1. The van der Waals surface area contributed by atoms with Crippen molar-refractivity contribution < 1.29 is 4.79 Å². The Kier molecular flexibility index (Phi) is 8.30. The first-order valence-corrected chi connectivity index (χ1v) is 8.71. The number of hydrogen-bond acceptors (Lipinski definition) is 2. The minimum atomic E-state index is -0.405. The van der Waals surface area contributed by atoms with E-state index in [1.165, 1.54) is 25.7 Å². The summed E-state index contributed by atoms with van der Waals surface area (Å²) in [5, 5.41) is 6.70. The van der Waals surface area contributed by atoms with Gasteiger partial charge in [-0.05, 0) is 29.5 Å². The first-order chi connectivity index (χ1) is 11.4. The SMILES string of the molecule is CCCCCC(C)(C)CNC(=NC)NCc1ccc(C(N)=O)cc1. The minimum Gasteiger partial charge on any atom is -0.366 e. The molecule has 1 amide bonds. The summed E-state index contributed by atoms with van der Waals surface area (Å²) >= 11 is 0. The van der Waals surface area contributed by atoms with E-state index in [9.17, 15) is 4.79 Å². The van der Waals surface area contributed by atoms with Crippen LogP contribution in [0.2, 0.25) is 0 Å². The van der Waals surface area contributed by atoms with Gasteiger partial charge < -0.3 is 16.4 Å². The third-order valence-electron chi connectivity index (χ3n) is 4.11. The molecule has 0 radical (unpaired) electrons. The van der Waals surface area contributed by atoms with E-state index in [4.69, 9.17) is 5.73 Å². The van der Waals surface area contributed by atoms with Crippen LogP contribution in [0.3, 0.4) is 0 Å². The fourth-order valence-corrected chi connectivity index (χ4v) is 2.46. The summed E-state index contributed by atoms with van der Waals surface area (Å²) in [7, 11) is 1.77. The number of benzene rings is 1. The van der Waals surface area contributed by atoms with Gasteiger partial charge in [0.25, 0.3) is 0 Å². The largest absolute Gasteiger partial charge is 0.366 e. The van der Waals surface area contributed by atoms with E-state index in [0.717, 1.165) is 18.1 Å². The first-order valence-electron chi connectivity index (χ1n) is 8.71. The van der Waals surface area contributed by atoms with Gasteiger partial charge >= 0.3 is 0 Å². The van der Waals surface area contributed by atoms with Gasteiger partial charge in [-0.15, -0.1) is 0 Å². The van der Waals surface area contributed by atoms with Crippen molar-refractivity contribution in [3.8, 4) is 0 Å². The molecular formula is C19H32N4O. The number of hydrogen-bond donors (Lipinski definition) is 3. The summed E-state index contributed by atoms with van der Waals surface area (Å²) in [6.45, 7) is 8.33. The third kappa shape index (κ3) is 7.49. The Morgan fingerprint density at radius 1 is 1.17 bits per heavy atom. The maximum Gasteiger partial charge on any atom is 0.248 e. The molecule has 0 saturated heterocycles. The summed E-state index contributed by atoms with van der Waals surface area (Å²) in [5.41, 5.74) is 7.09. The van der Waals surface area contributed by atoms with Crippen molar-refractivity contribution in [2.75, 3.05) is 13.6 Å². The fourth-order valence-electron chi connectivity index (χ4n) is 2.46. The van der Waals surface area contributed by atoms with Crippen LogP contribution in [0.1, 0.15) is 62.4 Å². The number of nitrogens with one attached hydrogen (secondary N) is 2. The number of primary amides is 1. The van der Waals surface area contributed by atoms with Gasteiger partial charge in [0.1, 0.15) is 0 Å². The average Bonchev–Trinajstić information content (AvgIpc) is 2.55. The molecule has 5 heteroatoms. The molecular weight excluding hydrogens is 300 g/mol. The van der Waals surface area contributed by atoms with Gasteiger partial charge in [0.15, 0.2) is 5.96 Å². The molecule has 0 aromatic heterocycles. The van der Waals surface area contributed by atoms with Crippen LogP contribution in [0.5, 0.6) is 0 Å². The molecule has 4 N–H and O–H groups in total. The van der Waals surface area contributed by atoms with Gasteiger partial charge in [-0.3, -0.25) is 9.79 Å². The second kappa shape index (κ2) is 9.96. The highest BCUT2D eigenvalue weighted by molar-refractivity contribution is 5.92. The van der Waals surface area contributed by atoms with Crippen LogP contribution in [-0.2, 0) is 6.54 Å². The maximum atomic E-state index is 11.1. The van der Waals surface area contributed by atoms with E-state index in [1.54, 1.807) is 19.2 Å². The van der Waals surface area contributed by atoms with Crippen molar-refractivity contribution in [3.05, 3.63) is 35.4 Å². The van der Waals surface area contributed by atoms with Gasteiger partial charge in [0, 0.05) is 25.7 Å². The molecule has 5 nitrogen and oxygen atoms in total. The van der Waals surface area contributed by atoms with Crippen LogP contribution in [-0.4, -0.2) is 25.5 Å². The number of unbranched alkanes of at least 4 members (excludes halogenated alkanes) is 2. The number of amides is 1. The number of carbonyl (C=O) groups excluding carboxylic acids is 1. The van der Waals surface area contributed by atoms with Crippen LogP contribution in [0.15, 0.2) is 29.3 Å². The van der Waals surface area contributed by atoms with Crippen molar-refractivity contribution in [1.82, 2.24) is 10.6 Å². The lowest BCUT2D eigenvalue weighted by molar-refractivity contribution is 0.100. The van der Waals surface area contributed by atoms with Gasteiger partial charge in [0.05, 0.1) is 0 Å². The van der Waals surface area contributed by atoms with E-state index >= 15 is 0 Å². The van der Waals surface area contributed by atoms with E-state index in [2.05, 4.69) is 36.4 Å². The number of guanidine groups is 1. The quantitative estimate of drug-likeness (QED) is 0.369. The lowest BCUT2D eigenvalue weighted by Crippen LogP contribution is -2.41. The molecule has 1 aromatic carbocycles. The Bertz CT molecular complexity index is 535. The van der Waals surface area contributed by atoms with Crippen molar-refractivity contribution in [3.63, 3.8) is 0 Å². The molecule has 0 saturated carbocycles. The Hall–Kier alpha value is -2.04. The van der Waals surface area contributed by atoms with Crippen LogP contribution >= 0.6 is 0 Å². The molecule has 0 unspecified atom stereocenters. The molecule has 0 aliphatic carbocycles. The molecule has 0 atom stereocenters. The van der Waals surface area contributed by atoms with E-state index in [-0.39, 0.29) is 5.41 Å². The second-order valence-electron chi connectivity index (χ2n) is 6.96. The lowest BCUT2D eigenvalue weighted by atomic mass is 9.87. The number of rotatable bonds is 9. The highest BCUT2D eigenvalue weighted by Gasteiger charge is 2.17. The molecule has 134 valence electrons. The molecule has 0 heterocycles. The minimum absolute atomic E-state index is 0.246. The maximum absolute atomic E-state index is 11.1. The predicted octanol–water partition coefficient (Wildman–Crippen LogP) is 3.06. The summed E-state index contributed by atoms with van der Waals surface area (Å²) < 4.78 is 0. The highest BCUT2D eigenvalue weighted by Crippen LogP contribution is 2.22. The molecule has 1 rings (SSSR count). The van der Waals surface area contributed by atoms with Gasteiger partial charge in [0.2, 0.25) is 5.91 Å². The Morgan fingerprint density at radius 2 is 1.83 bits per heavy atom. The van der Waals surface area contributed by atoms with Crippen LogP contribution in [0.4, 0.5) is 0 Å². The molecule has 1 aromatic rings. The molecule has 0 aliphatic rings. The van der Waals surface area contributed by atoms with Crippen molar-refractivity contribution in [1.29, 1.82) is 0 Å². The van der Waals surface area contributed by atoms with Gasteiger partial charge in [-0.2, -0.15) is 0 Å². The monoisotopic (exact) mass is 332 g/mol. The van der Waals surface area contributed by atoms with E-state index < -0.39 is 5.91 Å². The molecule has 0 bridgehead atoms. The van der Waals surface area contributed by atoms with Crippen molar-refractivity contribution in [2.24, 2.45) is 16.1 Å². The smallest absolute Gasteiger partial charge is 0.248 e. The van der Waals surface area contributed by atoms with Crippen LogP contribution < -0.4 is 16.4 Å². The average molecular weight is 332 g/mol. The molecule has 24 heavy (non-hydrogen) atoms. The standard InChI is InChI=1S/C19H32N4O/c1-5-6-7-12-19(2,3)14-23-18(21-4)22-13-15-8-10-16(11-9-15)17(20)24/h8-11H,5-7,12-14H2,1-4H3,(H2,20,24)(H2,21,22,23). The van der Waals surface area contributed by atoms with Gasteiger partial charge in [-0.25, -0.2) is 0 Å². The van der Waals surface area contributed by atoms with E-state index in [0.29, 0.717) is 12.1 Å². The summed E-state index contributed by atoms with van der Waals surface area (Å²) in [6, 6.07) is 7.28. The van der Waals surface area contributed by atoms with Crippen molar-refractivity contribution in [2.45, 2.75) is 53.0 Å². The zero-order valence-corrected chi connectivity index (χ0v) is 15.5. The number of nitrogens with zero attached hydrogens (tertiary/aromatic N) is 1. The second-order valence-corrected chi connectivity index (χ2v) is 6.96. The zero-order chi connectivity index (χ0) is 18.0. The Balaban J connectivity index is 2.43. The zero-order valence-electron chi connectivity index (χ0n) is 15.5. The summed E-state index contributed by atoms with van der Waals surface area (Å²) in [4.78, 5) is 15.3. The Morgan fingerprint density at radius 3 is 2.38 bits per heavy atom. The van der Waals surface area contributed by atoms with Crippen molar-refractivity contribution >= 4 is 11.9 Å².